The van der Waals surface area contributed by atoms with Crippen molar-refractivity contribution in [2.75, 3.05) is 24.5 Å². The van der Waals surface area contributed by atoms with E-state index in [1.807, 2.05) is 0 Å². The second-order valence-electron chi connectivity index (χ2n) is 6.35. The number of hydrogen-bond donors (Lipinski definition) is 1. The highest BCUT2D eigenvalue weighted by Crippen LogP contribution is 2.22. The van der Waals surface area contributed by atoms with E-state index < -0.39 is 0 Å². The van der Waals surface area contributed by atoms with Crippen molar-refractivity contribution in [1.82, 2.24) is 5.32 Å². The number of anilines is 1. The van der Waals surface area contributed by atoms with Crippen LogP contribution in [0.25, 0.3) is 0 Å². The molecule has 0 aromatic heterocycles. The van der Waals surface area contributed by atoms with Gasteiger partial charge in [-0.1, -0.05) is 39.8 Å². The number of nitrogens with zero attached hydrogens (tertiary/aromatic N) is 1. The zero-order valence-electron chi connectivity index (χ0n) is 12.8. The second-order valence-corrected chi connectivity index (χ2v) is 6.35. The zero-order valence-corrected chi connectivity index (χ0v) is 12.8. The van der Waals surface area contributed by atoms with E-state index in [2.05, 4.69) is 62.2 Å². The van der Waals surface area contributed by atoms with Gasteiger partial charge in [0, 0.05) is 24.8 Å². The van der Waals surface area contributed by atoms with Crippen molar-refractivity contribution in [3.05, 3.63) is 29.8 Å². The SMILES string of the molecule is CC(C)c1ccc(N2CCCNC(C(C)C)C2)cc1. The molecule has 1 aliphatic rings. The number of nitrogens with one attached hydrogen (secondary N) is 1. The Labute approximate surface area is 118 Å². The van der Waals surface area contributed by atoms with E-state index in [9.17, 15) is 0 Å². The maximum Gasteiger partial charge on any atom is 0.0366 e. The fourth-order valence-corrected chi connectivity index (χ4v) is 2.70. The molecule has 1 atom stereocenters. The number of rotatable bonds is 3. The van der Waals surface area contributed by atoms with Crippen molar-refractivity contribution in [3.8, 4) is 0 Å². The van der Waals surface area contributed by atoms with Gasteiger partial charge < -0.3 is 10.2 Å². The summed E-state index contributed by atoms with van der Waals surface area (Å²) >= 11 is 0. The van der Waals surface area contributed by atoms with Gasteiger partial charge in [-0.2, -0.15) is 0 Å². The van der Waals surface area contributed by atoms with Gasteiger partial charge in [-0.25, -0.2) is 0 Å². The van der Waals surface area contributed by atoms with Gasteiger partial charge >= 0.3 is 0 Å². The predicted octanol–water partition coefficient (Wildman–Crippen LogP) is 3.63. The Balaban J connectivity index is 2.10. The third-order valence-corrected chi connectivity index (χ3v) is 4.16. The predicted molar refractivity (Wildman–Crippen MR) is 84.0 cm³/mol. The molecule has 2 rings (SSSR count). The lowest BCUT2D eigenvalue weighted by Crippen LogP contribution is -2.41. The van der Waals surface area contributed by atoms with Crippen LogP contribution in [0.2, 0.25) is 0 Å². The third-order valence-electron chi connectivity index (χ3n) is 4.16. The van der Waals surface area contributed by atoms with E-state index in [0.29, 0.717) is 17.9 Å². The minimum atomic E-state index is 0.604. The first kappa shape index (κ1) is 14.4. The summed E-state index contributed by atoms with van der Waals surface area (Å²) in [6, 6.07) is 9.74. The van der Waals surface area contributed by atoms with Crippen molar-refractivity contribution >= 4 is 5.69 Å². The molecule has 0 radical (unpaired) electrons. The average molecular weight is 260 g/mol. The van der Waals surface area contributed by atoms with Crippen molar-refractivity contribution < 1.29 is 0 Å². The fourth-order valence-electron chi connectivity index (χ4n) is 2.70. The molecule has 0 spiro atoms. The summed E-state index contributed by atoms with van der Waals surface area (Å²) in [5, 5.41) is 3.67. The Morgan fingerprint density at radius 1 is 1.11 bits per heavy atom. The van der Waals surface area contributed by atoms with Crippen LogP contribution >= 0.6 is 0 Å². The molecule has 2 heteroatoms. The Hall–Kier alpha value is -1.02. The molecule has 0 amide bonds. The quantitative estimate of drug-likeness (QED) is 0.892. The molecule has 0 saturated carbocycles. The highest BCUT2D eigenvalue weighted by atomic mass is 15.2. The third kappa shape index (κ3) is 3.73. The topological polar surface area (TPSA) is 15.3 Å². The average Bonchev–Trinajstić information content (AvgIpc) is 2.64. The van der Waals surface area contributed by atoms with Crippen LogP contribution in [0.5, 0.6) is 0 Å². The molecule has 1 saturated heterocycles. The molecule has 1 aliphatic heterocycles. The van der Waals surface area contributed by atoms with E-state index in [-0.39, 0.29) is 0 Å². The van der Waals surface area contributed by atoms with Crippen LogP contribution in [0.1, 0.15) is 45.6 Å². The van der Waals surface area contributed by atoms with Crippen LogP contribution in [0, 0.1) is 5.92 Å². The summed E-state index contributed by atoms with van der Waals surface area (Å²) < 4.78 is 0. The zero-order chi connectivity index (χ0) is 13.8. The summed E-state index contributed by atoms with van der Waals surface area (Å²) in [6.07, 6.45) is 1.23. The molecule has 1 N–H and O–H groups in total. The van der Waals surface area contributed by atoms with E-state index in [4.69, 9.17) is 0 Å². The first-order chi connectivity index (χ1) is 9.08. The fraction of sp³-hybridized carbons (Fsp3) is 0.647. The van der Waals surface area contributed by atoms with Crippen molar-refractivity contribution in [2.45, 2.75) is 46.1 Å². The highest BCUT2D eigenvalue weighted by Gasteiger charge is 2.20. The lowest BCUT2D eigenvalue weighted by molar-refractivity contribution is 0.420. The molecular formula is C17H28N2. The Morgan fingerprint density at radius 3 is 2.37 bits per heavy atom. The van der Waals surface area contributed by atoms with Crippen LogP contribution in [0.4, 0.5) is 5.69 Å². The largest absolute Gasteiger partial charge is 0.370 e. The normalized spacial score (nSPS) is 20.9. The molecule has 1 aromatic rings. The van der Waals surface area contributed by atoms with E-state index in [0.717, 1.165) is 19.6 Å². The first-order valence-electron chi connectivity index (χ1n) is 7.66. The van der Waals surface area contributed by atoms with Crippen molar-refractivity contribution in [2.24, 2.45) is 5.92 Å². The lowest BCUT2D eigenvalue weighted by Gasteiger charge is -2.28. The van der Waals surface area contributed by atoms with Gasteiger partial charge in [0.2, 0.25) is 0 Å². The highest BCUT2D eigenvalue weighted by molar-refractivity contribution is 5.48. The van der Waals surface area contributed by atoms with Gasteiger partial charge in [-0.3, -0.25) is 0 Å². The molecular weight excluding hydrogens is 232 g/mol. The summed E-state index contributed by atoms with van der Waals surface area (Å²) in [5.41, 5.74) is 2.80. The van der Waals surface area contributed by atoms with Crippen LogP contribution in [0.3, 0.4) is 0 Å². The van der Waals surface area contributed by atoms with Crippen LogP contribution in [-0.2, 0) is 0 Å². The van der Waals surface area contributed by atoms with Crippen LogP contribution in [0.15, 0.2) is 24.3 Å². The molecule has 1 heterocycles. The van der Waals surface area contributed by atoms with Crippen molar-refractivity contribution in [3.63, 3.8) is 0 Å². The van der Waals surface area contributed by atoms with Crippen molar-refractivity contribution in [1.29, 1.82) is 0 Å². The van der Waals surface area contributed by atoms with Gasteiger partial charge in [0.15, 0.2) is 0 Å². The van der Waals surface area contributed by atoms with Gasteiger partial charge in [0.05, 0.1) is 0 Å². The lowest BCUT2D eigenvalue weighted by atomic mass is 10.0. The van der Waals surface area contributed by atoms with Gasteiger partial charge in [0.1, 0.15) is 0 Å². The van der Waals surface area contributed by atoms with Gasteiger partial charge in [-0.05, 0) is 42.5 Å². The molecule has 0 aliphatic carbocycles. The van der Waals surface area contributed by atoms with E-state index >= 15 is 0 Å². The molecule has 2 nitrogen and oxygen atoms in total. The maximum absolute atomic E-state index is 3.67. The Kier molecular flexibility index (Phi) is 4.87. The van der Waals surface area contributed by atoms with E-state index in [1.54, 1.807) is 0 Å². The number of benzene rings is 1. The summed E-state index contributed by atoms with van der Waals surface area (Å²) in [5.74, 6) is 1.30. The summed E-state index contributed by atoms with van der Waals surface area (Å²) in [4.78, 5) is 2.54. The molecule has 1 aromatic carbocycles. The Bertz CT molecular complexity index is 381. The standard InChI is InChI=1S/C17H28N2/c1-13(2)15-6-8-16(9-7-15)19-11-5-10-18-17(12-19)14(3)4/h6-9,13-14,17-18H,5,10-12H2,1-4H3. The summed E-state index contributed by atoms with van der Waals surface area (Å²) in [7, 11) is 0. The summed E-state index contributed by atoms with van der Waals surface area (Å²) in [6.45, 7) is 12.5. The molecule has 1 fully saturated rings. The van der Waals surface area contributed by atoms with Crippen LogP contribution < -0.4 is 10.2 Å². The molecule has 0 bridgehead atoms. The van der Waals surface area contributed by atoms with Crippen LogP contribution in [-0.4, -0.2) is 25.7 Å². The molecule has 106 valence electrons. The smallest absolute Gasteiger partial charge is 0.0366 e. The minimum absolute atomic E-state index is 0.604. The maximum atomic E-state index is 3.67. The molecule has 1 unspecified atom stereocenters. The number of hydrogen-bond acceptors (Lipinski definition) is 2. The van der Waals surface area contributed by atoms with E-state index in [1.165, 1.54) is 17.7 Å². The minimum Gasteiger partial charge on any atom is -0.370 e. The second kappa shape index (κ2) is 6.42. The molecule has 19 heavy (non-hydrogen) atoms. The Morgan fingerprint density at radius 2 is 1.79 bits per heavy atom. The van der Waals surface area contributed by atoms with Gasteiger partial charge in [-0.15, -0.1) is 0 Å². The van der Waals surface area contributed by atoms with Gasteiger partial charge in [0.25, 0.3) is 0 Å². The monoisotopic (exact) mass is 260 g/mol. The first-order valence-corrected chi connectivity index (χ1v) is 7.66.